The summed E-state index contributed by atoms with van der Waals surface area (Å²) in [5.41, 5.74) is 2.45. The smallest absolute Gasteiger partial charge is 0.317 e. The lowest BCUT2D eigenvalue weighted by Crippen LogP contribution is -2.45. The molecule has 0 aliphatic carbocycles. The monoisotopic (exact) mass is 341 g/mol. The molecular weight excluding hydrogens is 314 g/mol. The minimum absolute atomic E-state index is 0.00162. The van der Waals surface area contributed by atoms with Crippen molar-refractivity contribution in [1.82, 2.24) is 25.0 Å². The third-order valence-electron chi connectivity index (χ3n) is 5.01. The van der Waals surface area contributed by atoms with Crippen LogP contribution in [-0.4, -0.2) is 38.8 Å². The molecule has 6 nitrogen and oxygen atoms in total. The van der Waals surface area contributed by atoms with E-state index in [0.29, 0.717) is 12.0 Å². The lowest BCUT2D eigenvalue weighted by Gasteiger charge is -2.32. The molecule has 1 aromatic heterocycles. The van der Waals surface area contributed by atoms with Crippen LogP contribution < -0.4 is 5.32 Å². The normalized spacial score (nSPS) is 16.9. The van der Waals surface area contributed by atoms with Crippen molar-refractivity contribution in [1.29, 1.82) is 0 Å². The summed E-state index contributed by atoms with van der Waals surface area (Å²) in [5.74, 6) is 0.519. The van der Waals surface area contributed by atoms with Gasteiger partial charge in [0.2, 0.25) is 0 Å². The number of hydrogen-bond donors (Lipinski definition) is 1. The molecule has 1 fully saturated rings. The lowest BCUT2D eigenvalue weighted by molar-refractivity contribution is 0.166. The summed E-state index contributed by atoms with van der Waals surface area (Å²) in [6, 6.07) is 8.86. The van der Waals surface area contributed by atoms with Crippen molar-refractivity contribution in [3.63, 3.8) is 0 Å². The Labute approximate surface area is 149 Å². The Hall–Kier alpha value is -2.37. The average molecular weight is 341 g/mol. The molecule has 0 saturated carbocycles. The van der Waals surface area contributed by atoms with E-state index in [-0.39, 0.29) is 12.1 Å². The molecule has 2 amide bonds. The summed E-state index contributed by atoms with van der Waals surface area (Å²) >= 11 is 0. The number of nitrogens with zero attached hydrogens (tertiary/aromatic N) is 4. The van der Waals surface area contributed by atoms with E-state index in [1.807, 2.05) is 16.5 Å². The Balaban J connectivity index is 1.52. The highest BCUT2D eigenvalue weighted by molar-refractivity contribution is 5.74. The van der Waals surface area contributed by atoms with Crippen molar-refractivity contribution in [2.45, 2.75) is 51.6 Å². The molecule has 1 saturated heterocycles. The Kier molecular flexibility index (Phi) is 5.36. The van der Waals surface area contributed by atoms with Crippen LogP contribution in [0.3, 0.4) is 0 Å². The summed E-state index contributed by atoms with van der Waals surface area (Å²) in [5, 5.41) is 7.32. The van der Waals surface area contributed by atoms with Gasteiger partial charge >= 0.3 is 6.03 Å². The third-order valence-corrected chi connectivity index (χ3v) is 5.01. The maximum atomic E-state index is 12.5. The van der Waals surface area contributed by atoms with Crippen LogP contribution in [0.2, 0.25) is 0 Å². The number of nitrogens with one attached hydrogen (secondary N) is 1. The largest absolute Gasteiger partial charge is 0.331 e. The first kappa shape index (κ1) is 17.5. The van der Waals surface area contributed by atoms with Crippen LogP contribution in [0.25, 0.3) is 0 Å². The summed E-state index contributed by atoms with van der Waals surface area (Å²) in [6.07, 6.45) is 5.14. The molecule has 0 unspecified atom stereocenters. The molecule has 6 heteroatoms. The maximum Gasteiger partial charge on any atom is 0.317 e. The Morgan fingerprint density at radius 3 is 2.32 bits per heavy atom. The first-order valence-corrected chi connectivity index (χ1v) is 9.04. The Morgan fingerprint density at radius 2 is 1.76 bits per heavy atom. The van der Waals surface area contributed by atoms with Gasteiger partial charge in [0.15, 0.2) is 0 Å². The number of piperidine rings is 1. The van der Waals surface area contributed by atoms with E-state index < -0.39 is 0 Å². The highest BCUT2D eigenvalue weighted by atomic mass is 16.2. The zero-order chi connectivity index (χ0) is 17.8. The van der Waals surface area contributed by atoms with E-state index in [0.717, 1.165) is 31.5 Å². The molecule has 1 aliphatic rings. The number of amides is 2. The average Bonchev–Trinajstić information content (AvgIpc) is 3.16. The molecule has 25 heavy (non-hydrogen) atoms. The maximum absolute atomic E-state index is 12.5. The molecule has 0 bridgehead atoms. The molecule has 1 aromatic carbocycles. The van der Waals surface area contributed by atoms with E-state index in [4.69, 9.17) is 0 Å². The summed E-state index contributed by atoms with van der Waals surface area (Å²) in [6.45, 7) is 7.89. The van der Waals surface area contributed by atoms with E-state index in [1.165, 1.54) is 5.56 Å². The van der Waals surface area contributed by atoms with Gasteiger partial charge in [-0.25, -0.2) is 14.5 Å². The van der Waals surface area contributed by atoms with Gasteiger partial charge in [-0.3, -0.25) is 0 Å². The number of hydrogen-bond acceptors (Lipinski definition) is 3. The molecule has 3 rings (SSSR count). The quantitative estimate of drug-likeness (QED) is 0.925. The standard InChI is InChI=1S/C19H27N5O/c1-14(2)16-4-6-17(7-5-16)15(3)22-19(25)23-10-8-18(9-11-23)24-13-20-12-21-24/h4-7,12-15,18H,8-11H2,1-3H3,(H,22,25)/t15-/m1/s1. The second-order valence-corrected chi connectivity index (χ2v) is 7.09. The van der Waals surface area contributed by atoms with Crippen molar-refractivity contribution in [3.8, 4) is 0 Å². The zero-order valence-electron chi connectivity index (χ0n) is 15.2. The van der Waals surface area contributed by atoms with Gasteiger partial charge < -0.3 is 10.2 Å². The first-order valence-electron chi connectivity index (χ1n) is 9.04. The predicted molar refractivity (Wildman–Crippen MR) is 97.3 cm³/mol. The highest BCUT2D eigenvalue weighted by Gasteiger charge is 2.25. The number of carbonyl (C=O) groups excluding carboxylic acids is 1. The summed E-state index contributed by atoms with van der Waals surface area (Å²) < 4.78 is 1.90. The Bertz CT molecular complexity index is 672. The molecular formula is C19H27N5O. The number of likely N-dealkylation sites (tertiary alicyclic amines) is 1. The number of aromatic nitrogens is 3. The van der Waals surface area contributed by atoms with Gasteiger partial charge in [0.25, 0.3) is 0 Å². The molecule has 134 valence electrons. The number of rotatable bonds is 4. The van der Waals surface area contributed by atoms with E-state index >= 15 is 0 Å². The van der Waals surface area contributed by atoms with Crippen LogP contribution in [0.4, 0.5) is 4.79 Å². The van der Waals surface area contributed by atoms with E-state index in [9.17, 15) is 4.79 Å². The van der Waals surface area contributed by atoms with Gasteiger partial charge in [0.1, 0.15) is 12.7 Å². The fraction of sp³-hybridized carbons (Fsp3) is 0.526. The van der Waals surface area contributed by atoms with Crippen LogP contribution in [0.5, 0.6) is 0 Å². The molecule has 1 N–H and O–H groups in total. The van der Waals surface area contributed by atoms with Crippen molar-refractivity contribution in [3.05, 3.63) is 48.0 Å². The van der Waals surface area contributed by atoms with Gasteiger partial charge in [0, 0.05) is 13.1 Å². The van der Waals surface area contributed by atoms with Gasteiger partial charge in [-0.2, -0.15) is 5.10 Å². The molecule has 1 atom stereocenters. The number of urea groups is 1. The molecule has 0 spiro atoms. The molecule has 1 aliphatic heterocycles. The summed E-state index contributed by atoms with van der Waals surface area (Å²) in [7, 11) is 0. The van der Waals surface area contributed by atoms with Gasteiger partial charge in [-0.1, -0.05) is 38.1 Å². The minimum Gasteiger partial charge on any atom is -0.331 e. The van der Waals surface area contributed by atoms with Crippen molar-refractivity contribution in [2.24, 2.45) is 0 Å². The SMILES string of the molecule is CC(C)c1ccc([C@@H](C)NC(=O)N2CCC(n3cncn3)CC2)cc1. The zero-order valence-corrected chi connectivity index (χ0v) is 15.2. The molecule has 0 radical (unpaired) electrons. The van der Waals surface area contributed by atoms with Crippen LogP contribution in [-0.2, 0) is 0 Å². The van der Waals surface area contributed by atoms with Gasteiger partial charge in [-0.15, -0.1) is 0 Å². The predicted octanol–water partition coefficient (Wildman–Crippen LogP) is 3.51. The Morgan fingerprint density at radius 1 is 1.12 bits per heavy atom. The van der Waals surface area contributed by atoms with Crippen LogP contribution in [0.1, 0.15) is 62.7 Å². The van der Waals surface area contributed by atoms with Gasteiger partial charge in [-0.05, 0) is 36.8 Å². The van der Waals surface area contributed by atoms with Crippen LogP contribution in [0, 0.1) is 0 Å². The molecule has 2 aromatic rings. The van der Waals surface area contributed by atoms with Crippen LogP contribution in [0.15, 0.2) is 36.9 Å². The third kappa shape index (κ3) is 4.18. The molecule has 2 heterocycles. The first-order chi connectivity index (χ1) is 12.0. The fourth-order valence-electron chi connectivity index (χ4n) is 3.27. The van der Waals surface area contributed by atoms with Crippen molar-refractivity contribution in [2.75, 3.05) is 13.1 Å². The highest BCUT2D eigenvalue weighted by Crippen LogP contribution is 2.22. The number of benzene rings is 1. The topological polar surface area (TPSA) is 63.1 Å². The minimum atomic E-state index is 0.00162. The van der Waals surface area contributed by atoms with Crippen LogP contribution >= 0.6 is 0 Å². The second kappa shape index (κ2) is 7.68. The second-order valence-electron chi connectivity index (χ2n) is 7.09. The lowest BCUT2D eigenvalue weighted by atomic mass is 9.99. The van der Waals surface area contributed by atoms with Crippen molar-refractivity contribution >= 4 is 6.03 Å². The number of carbonyl (C=O) groups is 1. The van der Waals surface area contributed by atoms with E-state index in [1.54, 1.807) is 12.7 Å². The summed E-state index contributed by atoms with van der Waals surface area (Å²) in [4.78, 5) is 18.4. The van der Waals surface area contributed by atoms with E-state index in [2.05, 4.69) is 53.5 Å². The van der Waals surface area contributed by atoms with Gasteiger partial charge in [0.05, 0.1) is 12.1 Å². The van der Waals surface area contributed by atoms with Crippen molar-refractivity contribution < 1.29 is 4.79 Å². The fourth-order valence-corrected chi connectivity index (χ4v) is 3.27.